The molecule has 0 spiro atoms. The topological polar surface area (TPSA) is 64.3 Å². The molecule has 1 aliphatic heterocycles. The summed E-state index contributed by atoms with van der Waals surface area (Å²) in [5.74, 6) is 0.502. The molecule has 0 amide bonds. The SMILES string of the molecule is Cc1cccc(-n2c(=O)c3c4c(sc3n3c(=S)[nH]nc23)COC(C)(C)C4)c1. The van der Waals surface area contributed by atoms with E-state index in [1.54, 1.807) is 15.9 Å². The molecule has 138 valence electrons. The first-order chi connectivity index (χ1) is 12.9. The molecule has 5 rings (SSSR count). The molecular formula is C19H18N4O2S2. The lowest BCUT2D eigenvalue weighted by molar-refractivity contribution is -0.0379. The molecule has 1 aliphatic rings. The molecule has 0 saturated carbocycles. The third-order valence-corrected chi connectivity index (χ3v) is 6.47. The first kappa shape index (κ1) is 16.9. The van der Waals surface area contributed by atoms with Gasteiger partial charge in [-0.1, -0.05) is 12.1 Å². The van der Waals surface area contributed by atoms with Gasteiger partial charge in [0, 0.05) is 11.3 Å². The molecular weight excluding hydrogens is 380 g/mol. The summed E-state index contributed by atoms with van der Waals surface area (Å²) in [5.41, 5.74) is 2.57. The number of aromatic nitrogens is 4. The van der Waals surface area contributed by atoms with E-state index in [0.29, 0.717) is 23.6 Å². The van der Waals surface area contributed by atoms with Gasteiger partial charge in [0.25, 0.3) is 5.56 Å². The highest BCUT2D eigenvalue weighted by atomic mass is 32.1. The van der Waals surface area contributed by atoms with Crippen LogP contribution in [0.15, 0.2) is 29.1 Å². The maximum absolute atomic E-state index is 13.6. The molecule has 4 aromatic rings. The van der Waals surface area contributed by atoms with Gasteiger partial charge in [-0.25, -0.2) is 14.1 Å². The van der Waals surface area contributed by atoms with Gasteiger partial charge in [0.15, 0.2) is 0 Å². The fourth-order valence-corrected chi connectivity index (χ4v) is 5.24. The van der Waals surface area contributed by atoms with Crippen LogP contribution < -0.4 is 5.56 Å². The average molecular weight is 399 g/mol. The second kappa shape index (κ2) is 5.60. The number of H-pyrrole nitrogens is 1. The molecule has 1 N–H and O–H groups in total. The van der Waals surface area contributed by atoms with E-state index in [0.717, 1.165) is 31.9 Å². The summed E-state index contributed by atoms with van der Waals surface area (Å²) in [7, 11) is 0. The average Bonchev–Trinajstić information content (AvgIpc) is 3.15. The monoisotopic (exact) mass is 398 g/mol. The molecule has 0 saturated heterocycles. The number of rotatable bonds is 1. The Balaban J connectivity index is 1.98. The number of aryl methyl sites for hydroxylation is 1. The van der Waals surface area contributed by atoms with E-state index in [2.05, 4.69) is 24.0 Å². The molecule has 0 atom stereocenters. The Kier molecular flexibility index (Phi) is 3.50. The number of nitrogens with one attached hydrogen (secondary N) is 1. The summed E-state index contributed by atoms with van der Waals surface area (Å²) in [6.45, 7) is 6.63. The van der Waals surface area contributed by atoms with Crippen LogP contribution in [0.2, 0.25) is 0 Å². The minimum absolute atomic E-state index is 0.0627. The molecule has 8 heteroatoms. The van der Waals surface area contributed by atoms with E-state index in [-0.39, 0.29) is 11.2 Å². The second-order valence-corrected chi connectivity index (χ2v) is 9.02. The van der Waals surface area contributed by atoms with E-state index >= 15 is 0 Å². The number of fused-ring (bicyclic) bond motifs is 5. The fraction of sp³-hybridized carbons (Fsp3) is 0.316. The van der Waals surface area contributed by atoms with Gasteiger partial charge in [-0.3, -0.25) is 4.79 Å². The number of hydrogen-bond acceptors (Lipinski definition) is 5. The van der Waals surface area contributed by atoms with Crippen molar-refractivity contribution in [2.24, 2.45) is 0 Å². The van der Waals surface area contributed by atoms with Gasteiger partial charge in [0.05, 0.1) is 23.3 Å². The first-order valence-corrected chi connectivity index (χ1v) is 9.95. The Labute approximate surface area is 164 Å². The molecule has 0 unspecified atom stereocenters. The Hall–Kier alpha value is -2.29. The lowest BCUT2D eigenvalue weighted by Crippen LogP contribution is -2.32. The summed E-state index contributed by atoms with van der Waals surface area (Å²) >= 11 is 7.05. The molecule has 1 aromatic carbocycles. The fourth-order valence-electron chi connectivity index (χ4n) is 3.74. The Morgan fingerprint density at radius 3 is 2.96 bits per heavy atom. The number of thiophene rings is 1. The van der Waals surface area contributed by atoms with Crippen molar-refractivity contribution in [3.8, 4) is 5.69 Å². The lowest BCUT2D eigenvalue weighted by Gasteiger charge is -2.29. The van der Waals surface area contributed by atoms with Crippen LogP contribution in [0, 0.1) is 11.7 Å². The van der Waals surface area contributed by atoms with Crippen LogP contribution in [-0.4, -0.2) is 24.8 Å². The van der Waals surface area contributed by atoms with E-state index < -0.39 is 0 Å². The number of nitrogens with zero attached hydrogens (tertiary/aromatic N) is 3. The van der Waals surface area contributed by atoms with Crippen LogP contribution >= 0.6 is 23.6 Å². The second-order valence-electron chi connectivity index (χ2n) is 7.55. The number of hydrogen-bond donors (Lipinski definition) is 1. The molecule has 27 heavy (non-hydrogen) atoms. The van der Waals surface area contributed by atoms with Crippen molar-refractivity contribution < 1.29 is 4.74 Å². The first-order valence-electron chi connectivity index (χ1n) is 8.73. The minimum Gasteiger partial charge on any atom is -0.370 e. The van der Waals surface area contributed by atoms with E-state index in [1.165, 1.54) is 0 Å². The van der Waals surface area contributed by atoms with E-state index in [9.17, 15) is 4.79 Å². The quantitative estimate of drug-likeness (QED) is 0.494. The normalized spacial score (nSPS) is 16.1. The van der Waals surface area contributed by atoms with Gasteiger partial charge in [-0.05, 0) is 56.2 Å². The molecule has 0 fully saturated rings. The van der Waals surface area contributed by atoms with Crippen molar-refractivity contribution in [1.29, 1.82) is 0 Å². The van der Waals surface area contributed by atoms with Crippen molar-refractivity contribution in [1.82, 2.24) is 19.2 Å². The van der Waals surface area contributed by atoms with Crippen LogP contribution in [0.3, 0.4) is 0 Å². The molecule has 0 bridgehead atoms. The van der Waals surface area contributed by atoms with E-state index in [4.69, 9.17) is 17.0 Å². The zero-order chi connectivity index (χ0) is 18.9. The maximum Gasteiger partial charge on any atom is 0.268 e. The Morgan fingerprint density at radius 2 is 2.19 bits per heavy atom. The highest BCUT2D eigenvalue weighted by Gasteiger charge is 2.32. The molecule has 3 aromatic heterocycles. The van der Waals surface area contributed by atoms with Crippen LogP contribution in [0.5, 0.6) is 0 Å². The van der Waals surface area contributed by atoms with Gasteiger partial charge in [-0.2, -0.15) is 0 Å². The van der Waals surface area contributed by atoms with Crippen LogP contribution in [0.25, 0.3) is 21.7 Å². The lowest BCUT2D eigenvalue weighted by atomic mass is 9.94. The number of aromatic amines is 1. The summed E-state index contributed by atoms with van der Waals surface area (Å²) in [5, 5.41) is 7.92. The summed E-state index contributed by atoms with van der Waals surface area (Å²) in [4.78, 5) is 15.6. The highest BCUT2D eigenvalue weighted by molar-refractivity contribution is 7.71. The van der Waals surface area contributed by atoms with E-state index in [1.807, 2.05) is 35.6 Å². The van der Waals surface area contributed by atoms with Crippen molar-refractivity contribution in [3.05, 3.63) is 55.4 Å². The standard InChI is InChI=1S/C19H18N4O2S2/c1-10-5-4-6-11(7-10)22-15(24)14-12-8-19(2,3)25-9-13(12)27-16(14)23-17(22)20-21-18(23)26/h4-7H,8-9H2,1-3H3,(H,21,26). The third-order valence-electron chi connectivity index (χ3n) is 5.00. The number of ether oxygens (including phenoxy) is 1. The van der Waals surface area contributed by atoms with Gasteiger partial charge in [0.2, 0.25) is 10.5 Å². The molecule has 0 radical (unpaired) electrons. The molecule has 0 aliphatic carbocycles. The largest absolute Gasteiger partial charge is 0.370 e. The predicted octanol–water partition coefficient (Wildman–Crippen LogP) is 3.92. The van der Waals surface area contributed by atoms with Crippen molar-refractivity contribution in [3.63, 3.8) is 0 Å². The Morgan fingerprint density at radius 1 is 1.37 bits per heavy atom. The van der Waals surface area contributed by atoms with Gasteiger partial charge in [-0.15, -0.1) is 16.4 Å². The summed E-state index contributed by atoms with van der Waals surface area (Å²) in [6, 6.07) is 7.85. The van der Waals surface area contributed by atoms with Crippen LogP contribution in [0.1, 0.15) is 29.9 Å². The molecule has 4 heterocycles. The smallest absolute Gasteiger partial charge is 0.268 e. The van der Waals surface area contributed by atoms with Crippen molar-refractivity contribution in [2.75, 3.05) is 0 Å². The van der Waals surface area contributed by atoms with Crippen LogP contribution in [-0.2, 0) is 17.8 Å². The highest BCUT2D eigenvalue weighted by Crippen LogP contribution is 2.38. The maximum atomic E-state index is 13.6. The zero-order valence-electron chi connectivity index (χ0n) is 15.2. The zero-order valence-corrected chi connectivity index (χ0v) is 16.8. The molecule has 6 nitrogen and oxygen atoms in total. The van der Waals surface area contributed by atoms with Gasteiger partial charge >= 0.3 is 0 Å². The van der Waals surface area contributed by atoms with Crippen LogP contribution in [0.4, 0.5) is 0 Å². The van der Waals surface area contributed by atoms with Crippen molar-refractivity contribution in [2.45, 2.75) is 39.4 Å². The predicted molar refractivity (Wildman–Crippen MR) is 109 cm³/mol. The number of benzene rings is 1. The van der Waals surface area contributed by atoms with Crippen molar-refractivity contribution >= 4 is 39.5 Å². The van der Waals surface area contributed by atoms with Gasteiger partial charge < -0.3 is 4.74 Å². The Bertz CT molecular complexity index is 1340. The minimum atomic E-state index is -0.297. The third kappa shape index (κ3) is 2.44. The summed E-state index contributed by atoms with van der Waals surface area (Å²) in [6.07, 6.45) is 0.696. The van der Waals surface area contributed by atoms with Gasteiger partial charge in [0.1, 0.15) is 4.83 Å². The summed E-state index contributed by atoms with van der Waals surface area (Å²) < 4.78 is 9.96.